The molecule has 0 radical (unpaired) electrons. The molecule has 0 unspecified atom stereocenters. The first-order valence-corrected chi connectivity index (χ1v) is 4.93. The zero-order valence-corrected chi connectivity index (χ0v) is 9.18. The molecule has 4 nitrogen and oxygen atoms in total. The van der Waals surface area contributed by atoms with E-state index in [0.29, 0.717) is 5.82 Å². The lowest BCUT2D eigenvalue weighted by Crippen LogP contribution is -2.24. The predicted molar refractivity (Wildman–Crippen MR) is 58.2 cm³/mol. The molecule has 15 heavy (non-hydrogen) atoms. The molecule has 0 fully saturated rings. The number of hydrogen-bond acceptors (Lipinski definition) is 3. The largest absolute Gasteiger partial charge is 0.204 e. The van der Waals surface area contributed by atoms with Gasteiger partial charge in [0.1, 0.15) is 0 Å². The van der Waals surface area contributed by atoms with Crippen LogP contribution in [-0.2, 0) is 5.54 Å². The molecular weight excluding hydrogens is 188 g/mol. The second kappa shape index (κ2) is 3.46. The standard InChI is InChI=1S/C11H14N4/c1-11(2,3)15-13-10(12-14-15)9-7-5-4-6-8-9/h4-8H,1-3H3. The lowest BCUT2D eigenvalue weighted by Gasteiger charge is -2.15. The minimum Gasteiger partial charge on any atom is -0.158 e. The zero-order valence-electron chi connectivity index (χ0n) is 9.18. The van der Waals surface area contributed by atoms with Crippen LogP contribution in [0.4, 0.5) is 0 Å². The van der Waals surface area contributed by atoms with Crippen molar-refractivity contribution >= 4 is 0 Å². The van der Waals surface area contributed by atoms with Crippen molar-refractivity contribution in [1.29, 1.82) is 0 Å². The van der Waals surface area contributed by atoms with Gasteiger partial charge in [-0.1, -0.05) is 30.3 Å². The smallest absolute Gasteiger partial charge is 0.158 e. The first-order chi connectivity index (χ1) is 7.07. The number of tetrazole rings is 1. The van der Waals surface area contributed by atoms with Crippen molar-refractivity contribution in [2.45, 2.75) is 26.3 Å². The molecule has 0 saturated carbocycles. The van der Waals surface area contributed by atoms with E-state index >= 15 is 0 Å². The van der Waals surface area contributed by atoms with Crippen LogP contribution in [-0.4, -0.2) is 20.2 Å². The fraction of sp³-hybridized carbons (Fsp3) is 0.364. The maximum absolute atomic E-state index is 4.35. The monoisotopic (exact) mass is 202 g/mol. The first-order valence-electron chi connectivity index (χ1n) is 4.93. The molecule has 2 aromatic rings. The zero-order chi connectivity index (χ0) is 10.9. The summed E-state index contributed by atoms with van der Waals surface area (Å²) in [7, 11) is 0. The molecule has 0 spiro atoms. The molecule has 1 aromatic heterocycles. The van der Waals surface area contributed by atoms with Gasteiger partial charge in [-0.2, -0.15) is 4.80 Å². The van der Waals surface area contributed by atoms with Crippen LogP contribution in [0.5, 0.6) is 0 Å². The molecule has 0 aliphatic heterocycles. The summed E-state index contributed by atoms with van der Waals surface area (Å²) in [6.07, 6.45) is 0. The van der Waals surface area contributed by atoms with Gasteiger partial charge in [-0.05, 0) is 26.0 Å². The van der Waals surface area contributed by atoms with E-state index in [1.807, 2.05) is 51.1 Å². The van der Waals surface area contributed by atoms with Gasteiger partial charge in [0.2, 0.25) is 5.82 Å². The Labute approximate surface area is 88.9 Å². The third-order valence-electron chi connectivity index (χ3n) is 2.05. The van der Waals surface area contributed by atoms with Gasteiger partial charge in [0, 0.05) is 5.56 Å². The molecule has 0 aliphatic rings. The van der Waals surface area contributed by atoms with E-state index < -0.39 is 0 Å². The molecule has 0 atom stereocenters. The Kier molecular flexibility index (Phi) is 2.26. The van der Waals surface area contributed by atoms with Crippen molar-refractivity contribution in [2.75, 3.05) is 0 Å². The number of benzene rings is 1. The van der Waals surface area contributed by atoms with Gasteiger partial charge in [-0.25, -0.2) is 0 Å². The van der Waals surface area contributed by atoms with Gasteiger partial charge < -0.3 is 0 Å². The van der Waals surface area contributed by atoms with Crippen molar-refractivity contribution < 1.29 is 0 Å². The minimum atomic E-state index is -0.125. The highest BCUT2D eigenvalue weighted by Gasteiger charge is 2.17. The van der Waals surface area contributed by atoms with Crippen LogP contribution < -0.4 is 0 Å². The van der Waals surface area contributed by atoms with Crippen LogP contribution in [0.2, 0.25) is 0 Å². The Morgan fingerprint density at radius 3 is 2.27 bits per heavy atom. The molecule has 0 amide bonds. The van der Waals surface area contributed by atoms with Gasteiger partial charge in [-0.15, -0.1) is 10.2 Å². The average molecular weight is 202 g/mol. The van der Waals surface area contributed by atoms with Gasteiger partial charge in [0.25, 0.3) is 0 Å². The number of aromatic nitrogens is 4. The Balaban J connectivity index is 2.37. The van der Waals surface area contributed by atoms with E-state index in [0.717, 1.165) is 5.56 Å². The Morgan fingerprint density at radius 2 is 1.73 bits per heavy atom. The fourth-order valence-electron chi connectivity index (χ4n) is 1.20. The molecule has 78 valence electrons. The summed E-state index contributed by atoms with van der Waals surface area (Å²) in [6.45, 7) is 6.14. The molecule has 1 aromatic carbocycles. The third-order valence-corrected chi connectivity index (χ3v) is 2.05. The Bertz CT molecular complexity index is 439. The molecule has 2 rings (SSSR count). The summed E-state index contributed by atoms with van der Waals surface area (Å²) < 4.78 is 0. The summed E-state index contributed by atoms with van der Waals surface area (Å²) in [6, 6.07) is 9.85. The van der Waals surface area contributed by atoms with Crippen molar-refractivity contribution in [3.05, 3.63) is 30.3 Å². The summed E-state index contributed by atoms with van der Waals surface area (Å²) >= 11 is 0. The second-order valence-corrected chi connectivity index (χ2v) is 4.44. The SMILES string of the molecule is CC(C)(C)n1nnc(-c2ccccc2)n1. The van der Waals surface area contributed by atoms with E-state index in [4.69, 9.17) is 0 Å². The van der Waals surface area contributed by atoms with E-state index in [9.17, 15) is 0 Å². The Morgan fingerprint density at radius 1 is 1.07 bits per heavy atom. The normalized spacial score (nSPS) is 11.7. The number of rotatable bonds is 1. The molecule has 0 N–H and O–H groups in total. The summed E-state index contributed by atoms with van der Waals surface area (Å²) in [5.41, 5.74) is 0.869. The highest BCUT2D eigenvalue weighted by Crippen LogP contribution is 2.15. The van der Waals surface area contributed by atoms with Crippen LogP contribution in [0.25, 0.3) is 11.4 Å². The number of nitrogens with zero attached hydrogens (tertiary/aromatic N) is 4. The predicted octanol–water partition coefficient (Wildman–Crippen LogP) is 2.10. The van der Waals surface area contributed by atoms with Crippen LogP contribution in [0.15, 0.2) is 30.3 Å². The van der Waals surface area contributed by atoms with E-state index in [2.05, 4.69) is 15.4 Å². The van der Waals surface area contributed by atoms with Crippen LogP contribution >= 0.6 is 0 Å². The highest BCUT2D eigenvalue weighted by atomic mass is 15.6. The molecule has 0 bridgehead atoms. The van der Waals surface area contributed by atoms with Crippen molar-refractivity contribution in [2.24, 2.45) is 0 Å². The fourth-order valence-corrected chi connectivity index (χ4v) is 1.20. The third kappa shape index (κ3) is 2.03. The summed E-state index contributed by atoms with van der Waals surface area (Å²) in [4.78, 5) is 1.63. The first kappa shape index (κ1) is 9.83. The number of hydrogen-bond donors (Lipinski definition) is 0. The maximum atomic E-state index is 4.35. The van der Waals surface area contributed by atoms with E-state index in [-0.39, 0.29) is 5.54 Å². The molecule has 0 saturated heterocycles. The van der Waals surface area contributed by atoms with E-state index in [1.165, 1.54) is 0 Å². The molecule has 1 heterocycles. The Hall–Kier alpha value is -1.71. The average Bonchev–Trinajstić information content (AvgIpc) is 2.67. The molecular formula is C11H14N4. The van der Waals surface area contributed by atoms with Gasteiger partial charge >= 0.3 is 0 Å². The quantitative estimate of drug-likeness (QED) is 0.711. The van der Waals surface area contributed by atoms with Gasteiger partial charge in [-0.3, -0.25) is 0 Å². The van der Waals surface area contributed by atoms with Crippen molar-refractivity contribution in [3.8, 4) is 11.4 Å². The minimum absolute atomic E-state index is 0.125. The summed E-state index contributed by atoms with van der Waals surface area (Å²) in [5, 5.41) is 12.4. The lowest BCUT2D eigenvalue weighted by molar-refractivity contribution is 0.306. The summed E-state index contributed by atoms with van der Waals surface area (Å²) in [5.74, 6) is 0.672. The van der Waals surface area contributed by atoms with Crippen LogP contribution in [0, 0.1) is 0 Å². The van der Waals surface area contributed by atoms with Crippen molar-refractivity contribution in [1.82, 2.24) is 20.2 Å². The van der Waals surface area contributed by atoms with Crippen molar-refractivity contribution in [3.63, 3.8) is 0 Å². The van der Waals surface area contributed by atoms with E-state index in [1.54, 1.807) is 4.80 Å². The van der Waals surface area contributed by atoms with Crippen LogP contribution in [0.3, 0.4) is 0 Å². The molecule has 4 heteroatoms. The topological polar surface area (TPSA) is 43.6 Å². The maximum Gasteiger partial charge on any atom is 0.204 e. The van der Waals surface area contributed by atoms with Gasteiger partial charge in [0.05, 0.1) is 5.54 Å². The second-order valence-electron chi connectivity index (χ2n) is 4.44. The molecule has 0 aliphatic carbocycles. The lowest BCUT2D eigenvalue weighted by atomic mass is 10.1. The highest BCUT2D eigenvalue weighted by molar-refractivity contribution is 5.52. The van der Waals surface area contributed by atoms with Crippen LogP contribution in [0.1, 0.15) is 20.8 Å². The van der Waals surface area contributed by atoms with Gasteiger partial charge in [0.15, 0.2) is 0 Å².